The summed E-state index contributed by atoms with van der Waals surface area (Å²) in [5.74, 6) is 0.623. The van der Waals surface area contributed by atoms with Crippen molar-refractivity contribution < 1.29 is 75.5 Å². The van der Waals surface area contributed by atoms with Gasteiger partial charge in [-0.1, -0.05) is 0 Å². The van der Waals surface area contributed by atoms with Gasteiger partial charge in [-0.05, 0) is 35.0 Å². The van der Waals surface area contributed by atoms with Gasteiger partial charge in [-0.3, -0.25) is 4.90 Å². The Morgan fingerprint density at radius 2 is 2.14 bits per heavy atom. The number of likely N-dealkylation sites (N-methyl/N-ethyl adjacent to an activating group) is 1. The van der Waals surface area contributed by atoms with E-state index in [4.69, 9.17) is 14.2 Å². The number of rotatable bonds is 3. The second-order valence-corrected chi connectivity index (χ2v) is 5.92. The van der Waals surface area contributed by atoms with Crippen LogP contribution in [0.1, 0.15) is 23.6 Å². The number of carbonyl (C=O) groups excluding carboxylic acids is 1. The number of carboxylic acids is 1. The van der Waals surface area contributed by atoms with Gasteiger partial charge in [0.1, 0.15) is 0 Å². The molecule has 2 heterocycles. The number of hydrogen-bond acceptors (Lipinski definition) is 6. The van der Waals surface area contributed by atoms with Crippen molar-refractivity contribution in [3.63, 3.8) is 0 Å². The molecular weight excluding hydrogens is 381 g/mol. The maximum atomic E-state index is 11.1. The van der Waals surface area contributed by atoms with Crippen molar-refractivity contribution in [3.8, 4) is 17.2 Å². The fraction of sp³-hybridized carbons (Fsp3) is 0.500. The molecule has 1 atom stereocenters. The molecule has 1 aromatic rings. The van der Waals surface area contributed by atoms with Crippen molar-refractivity contribution in [2.24, 2.45) is 0 Å². The van der Waals surface area contributed by atoms with E-state index >= 15 is 0 Å². The smallest absolute Gasteiger partial charge is 0.550 e. The first-order valence-electron chi connectivity index (χ1n) is 6.62. The molecule has 0 radical (unpaired) electrons. The molecule has 0 aliphatic carbocycles. The molecule has 0 amide bonds. The van der Waals surface area contributed by atoms with Crippen LogP contribution >= 0.6 is 15.9 Å². The second kappa shape index (κ2) is 7.37. The third kappa shape index (κ3) is 3.06. The van der Waals surface area contributed by atoms with Crippen LogP contribution in [0.3, 0.4) is 0 Å². The third-order valence-corrected chi connectivity index (χ3v) is 4.84. The Kier molecular flexibility index (Phi) is 6.20. The molecule has 2 aliphatic heterocycles. The van der Waals surface area contributed by atoms with E-state index in [1.54, 1.807) is 7.11 Å². The van der Waals surface area contributed by atoms with Crippen molar-refractivity contribution in [1.82, 2.24) is 4.90 Å². The number of carboxylic acid groups (broad SMARTS) is 1. The summed E-state index contributed by atoms with van der Waals surface area (Å²) in [6, 6.07) is -0.306. The van der Waals surface area contributed by atoms with E-state index in [9.17, 15) is 9.90 Å². The predicted molar refractivity (Wildman–Crippen MR) is 75.5 cm³/mol. The van der Waals surface area contributed by atoms with Gasteiger partial charge < -0.3 is 24.1 Å². The number of benzene rings is 1. The summed E-state index contributed by atoms with van der Waals surface area (Å²) in [5.41, 5.74) is 1.85. The number of carbonyl (C=O) groups is 1. The van der Waals surface area contributed by atoms with E-state index in [1.165, 1.54) is 0 Å². The maximum Gasteiger partial charge on any atom is 1.00 e. The molecule has 0 N–H and O–H groups in total. The topological polar surface area (TPSA) is 71.1 Å². The third-order valence-electron chi connectivity index (χ3n) is 4.00. The number of halogens is 1. The molecule has 0 aromatic heterocycles. The summed E-state index contributed by atoms with van der Waals surface area (Å²) in [5, 5.41) is 11.1. The predicted octanol–water partition coefficient (Wildman–Crippen LogP) is -2.14. The molecule has 0 fully saturated rings. The minimum absolute atomic E-state index is 0. The fourth-order valence-corrected chi connectivity index (χ4v) is 3.71. The van der Waals surface area contributed by atoms with Crippen LogP contribution in [0.5, 0.6) is 17.2 Å². The summed E-state index contributed by atoms with van der Waals surface area (Å²) >= 11 is 3.55. The molecule has 0 bridgehead atoms. The molecule has 0 spiro atoms. The number of methoxy groups -OCH3 is 1. The summed E-state index contributed by atoms with van der Waals surface area (Å²) in [6.07, 6.45) is 0.689. The molecule has 1 aromatic carbocycles. The van der Waals surface area contributed by atoms with Crippen LogP contribution in [0.15, 0.2) is 4.47 Å². The maximum absolute atomic E-state index is 11.1. The average molecular weight is 396 g/mol. The Bertz CT molecular complexity index is 610. The van der Waals surface area contributed by atoms with Crippen molar-refractivity contribution in [3.05, 3.63) is 15.6 Å². The monoisotopic (exact) mass is 395 g/mol. The van der Waals surface area contributed by atoms with Gasteiger partial charge in [0.15, 0.2) is 11.5 Å². The van der Waals surface area contributed by atoms with E-state index in [1.807, 2.05) is 11.9 Å². The van der Waals surface area contributed by atoms with Crippen LogP contribution in [0.2, 0.25) is 0 Å². The van der Waals surface area contributed by atoms with Crippen LogP contribution < -0.4 is 70.7 Å². The zero-order valence-corrected chi connectivity index (χ0v) is 17.5. The van der Waals surface area contributed by atoms with Crippen molar-refractivity contribution in [2.45, 2.75) is 18.9 Å². The summed E-state index contributed by atoms with van der Waals surface area (Å²) in [6.45, 7) is 0.889. The first kappa shape index (κ1) is 18.5. The molecule has 8 heteroatoms. The Hall–Kier alpha value is 0.166. The van der Waals surface area contributed by atoms with Crippen LogP contribution in [0, 0.1) is 0 Å². The molecule has 0 saturated carbocycles. The second-order valence-electron chi connectivity index (χ2n) is 5.13. The van der Waals surface area contributed by atoms with Crippen LogP contribution in [0.25, 0.3) is 0 Å². The van der Waals surface area contributed by atoms with Gasteiger partial charge >= 0.3 is 51.4 Å². The molecule has 1 unspecified atom stereocenters. The average Bonchev–Trinajstić information content (AvgIpc) is 2.92. The van der Waals surface area contributed by atoms with Crippen molar-refractivity contribution in [2.75, 3.05) is 27.5 Å². The van der Waals surface area contributed by atoms with E-state index in [2.05, 4.69) is 15.9 Å². The van der Waals surface area contributed by atoms with Crippen LogP contribution in [0.4, 0.5) is 0 Å². The number of aliphatic carboxylic acids is 1. The molecule has 3 rings (SSSR count). The Labute approximate surface area is 179 Å². The Morgan fingerprint density at radius 3 is 2.77 bits per heavy atom. The first-order valence-corrected chi connectivity index (χ1v) is 7.41. The quantitative estimate of drug-likeness (QED) is 0.544. The van der Waals surface area contributed by atoms with E-state index in [0.717, 1.165) is 28.6 Å². The standard InChI is InChI=1S/C14H16BrNO5.K/c1-16-4-3-7-10(8(16)5-9(17)18)12(19-2)14-13(11(7)15)20-6-21-14;/h8H,3-6H2,1-2H3,(H,17,18);/q;+1/p-1. The first-order chi connectivity index (χ1) is 10.0. The molecule has 6 nitrogen and oxygen atoms in total. The SMILES string of the molecule is COc1c2c(c(Br)c3c1C(CC(=O)[O-])N(C)CC3)OCO2.[K+]. The number of hydrogen-bond donors (Lipinski definition) is 0. The zero-order valence-electron chi connectivity index (χ0n) is 12.8. The minimum Gasteiger partial charge on any atom is -0.550 e. The molecule has 114 valence electrons. The van der Waals surface area contributed by atoms with Gasteiger partial charge in [-0.25, -0.2) is 0 Å². The Morgan fingerprint density at radius 1 is 1.45 bits per heavy atom. The van der Waals surface area contributed by atoms with E-state index < -0.39 is 5.97 Å². The van der Waals surface area contributed by atoms with Gasteiger partial charge in [0.25, 0.3) is 0 Å². The molecule has 22 heavy (non-hydrogen) atoms. The Balaban J connectivity index is 0.00000176. The van der Waals surface area contributed by atoms with Gasteiger partial charge in [0.2, 0.25) is 12.5 Å². The molecule has 2 aliphatic rings. The van der Waals surface area contributed by atoms with Crippen molar-refractivity contribution >= 4 is 21.9 Å². The van der Waals surface area contributed by atoms with Gasteiger partial charge in [-0.2, -0.15) is 0 Å². The normalized spacial score (nSPS) is 19.3. The van der Waals surface area contributed by atoms with Gasteiger partial charge in [0, 0.05) is 30.5 Å². The zero-order chi connectivity index (χ0) is 15.1. The molecular formula is C14H15BrKNO5. The van der Waals surface area contributed by atoms with Gasteiger partial charge in [-0.15, -0.1) is 0 Å². The number of fused-ring (bicyclic) bond motifs is 2. The van der Waals surface area contributed by atoms with Crippen molar-refractivity contribution in [1.29, 1.82) is 0 Å². The number of nitrogens with zero attached hydrogens (tertiary/aromatic N) is 1. The van der Waals surface area contributed by atoms with Crippen LogP contribution in [-0.4, -0.2) is 38.4 Å². The van der Waals surface area contributed by atoms with E-state index in [-0.39, 0.29) is 70.6 Å². The van der Waals surface area contributed by atoms with Gasteiger partial charge in [0.05, 0.1) is 11.6 Å². The summed E-state index contributed by atoms with van der Waals surface area (Å²) < 4.78 is 17.3. The summed E-state index contributed by atoms with van der Waals surface area (Å²) in [7, 11) is 3.45. The minimum atomic E-state index is -1.09. The van der Waals surface area contributed by atoms with Crippen LogP contribution in [-0.2, 0) is 11.2 Å². The fourth-order valence-electron chi connectivity index (χ4n) is 3.00. The molecule has 0 saturated heterocycles. The summed E-state index contributed by atoms with van der Waals surface area (Å²) in [4.78, 5) is 13.1. The van der Waals surface area contributed by atoms with E-state index in [0.29, 0.717) is 17.2 Å². The largest absolute Gasteiger partial charge is 1.00 e. The number of ether oxygens (including phenoxy) is 3.